The van der Waals surface area contributed by atoms with Crippen molar-refractivity contribution >= 4 is 23.4 Å². The monoisotopic (exact) mass is 372 g/mol. The zero-order valence-electron chi connectivity index (χ0n) is 15.7. The molecule has 0 spiro atoms. The lowest BCUT2D eigenvalue weighted by molar-refractivity contribution is -0.139. The van der Waals surface area contributed by atoms with Crippen LogP contribution in [0.2, 0.25) is 5.02 Å². The van der Waals surface area contributed by atoms with Crippen LogP contribution in [0.4, 0.5) is 0 Å². The van der Waals surface area contributed by atoms with E-state index in [1.807, 2.05) is 38.1 Å². The molecule has 0 aliphatic heterocycles. The molecule has 26 heavy (non-hydrogen) atoms. The maximum Gasteiger partial charge on any atom is 0.242 e. The van der Waals surface area contributed by atoms with Crippen LogP contribution in [0.3, 0.4) is 0 Å². The molecule has 2 amide bonds. The number of hydrogen-bond donors (Lipinski definition) is 1. The zero-order valence-corrected chi connectivity index (χ0v) is 16.4. The Bertz CT molecular complexity index is 767. The summed E-state index contributed by atoms with van der Waals surface area (Å²) >= 11 is 5.94. The number of amides is 2. The number of likely N-dealkylation sites (N-methyl/N-ethyl adjacent to an activating group) is 1. The van der Waals surface area contributed by atoms with Gasteiger partial charge in [-0.15, -0.1) is 0 Å². The van der Waals surface area contributed by atoms with Crippen molar-refractivity contribution in [3.05, 3.63) is 69.7 Å². The van der Waals surface area contributed by atoms with Crippen molar-refractivity contribution < 1.29 is 9.59 Å². The predicted molar refractivity (Wildman–Crippen MR) is 105 cm³/mol. The highest BCUT2D eigenvalue weighted by atomic mass is 35.5. The van der Waals surface area contributed by atoms with E-state index in [1.165, 1.54) is 0 Å². The molecule has 0 saturated carbocycles. The summed E-state index contributed by atoms with van der Waals surface area (Å²) in [5.41, 5.74) is 4.13. The van der Waals surface area contributed by atoms with E-state index in [-0.39, 0.29) is 18.2 Å². The van der Waals surface area contributed by atoms with Crippen LogP contribution in [-0.4, -0.2) is 29.8 Å². The summed E-state index contributed by atoms with van der Waals surface area (Å²) in [5, 5.41) is 3.26. The Balaban J connectivity index is 2.24. The average Bonchev–Trinajstić information content (AvgIpc) is 2.58. The summed E-state index contributed by atoms with van der Waals surface area (Å²) in [4.78, 5) is 26.7. The fourth-order valence-electron chi connectivity index (χ4n) is 3.03. The molecule has 1 N–H and O–H groups in total. The number of halogens is 1. The van der Waals surface area contributed by atoms with Gasteiger partial charge in [-0.2, -0.15) is 0 Å². The Morgan fingerprint density at radius 3 is 2.15 bits per heavy atom. The van der Waals surface area contributed by atoms with Crippen molar-refractivity contribution in [2.45, 2.75) is 39.8 Å². The molecule has 5 heteroatoms. The molecule has 1 atom stereocenters. The third-order valence-electron chi connectivity index (χ3n) is 4.32. The smallest absolute Gasteiger partial charge is 0.242 e. The fourth-order valence-corrected chi connectivity index (χ4v) is 3.15. The molecule has 0 bridgehead atoms. The Morgan fingerprint density at radius 1 is 1.04 bits per heavy atom. The Labute approximate surface area is 160 Å². The van der Waals surface area contributed by atoms with Gasteiger partial charge in [-0.3, -0.25) is 9.59 Å². The van der Waals surface area contributed by atoms with Crippen LogP contribution in [0.5, 0.6) is 0 Å². The van der Waals surface area contributed by atoms with Gasteiger partial charge >= 0.3 is 0 Å². The number of rotatable bonds is 6. The lowest BCUT2D eigenvalue weighted by Gasteiger charge is -2.28. The molecule has 0 radical (unpaired) electrons. The standard InChI is InChI=1S/C21H25ClN2O2/c1-14-9-15(2)11-18(10-14)12-20(25)24(16(3)21(26)23-4)13-17-5-7-19(22)8-6-17/h5-11,16H,12-13H2,1-4H3,(H,23,26)/t16-/m1/s1. The van der Waals surface area contributed by atoms with Crippen molar-refractivity contribution in [1.29, 1.82) is 0 Å². The van der Waals surface area contributed by atoms with E-state index in [2.05, 4.69) is 11.4 Å². The van der Waals surface area contributed by atoms with Crippen LogP contribution in [0.1, 0.15) is 29.2 Å². The summed E-state index contributed by atoms with van der Waals surface area (Å²) in [7, 11) is 1.58. The Hall–Kier alpha value is -2.33. The van der Waals surface area contributed by atoms with Crippen LogP contribution in [0, 0.1) is 13.8 Å². The molecule has 0 heterocycles. The maximum absolute atomic E-state index is 13.0. The van der Waals surface area contributed by atoms with Crippen molar-refractivity contribution in [1.82, 2.24) is 10.2 Å². The number of nitrogens with zero attached hydrogens (tertiary/aromatic N) is 1. The van der Waals surface area contributed by atoms with Crippen molar-refractivity contribution in [3.63, 3.8) is 0 Å². The van der Waals surface area contributed by atoms with Gasteiger partial charge in [-0.05, 0) is 44.0 Å². The third kappa shape index (κ3) is 5.33. The Morgan fingerprint density at radius 2 is 1.62 bits per heavy atom. The minimum atomic E-state index is -0.561. The van der Waals surface area contributed by atoms with E-state index in [1.54, 1.807) is 31.0 Å². The molecule has 0 saturated heterocycles. The van der Waals surface area contributed by atoms with Gasteiger partial charge in [0.1, 0.15) is 6.04 Å². The van der Waals surface area contributed by atoms with Crippen LogP contribution < -0.4 is 5.32 Å². The second-order valence-electron chi connectivity index (χ2n) is 6.61. The summed E-state index contributed by atoms with van der Waals surface area (Å²) in [6, 6.07) is 12.8. The normalized spacial score (nSPS) is 11.7. The highest BCUT2D eigenvalue weighted by molar-refractivity contribution is 6.30. The molecule has 0 unspecified atom stereocenters. The zero-order chi connectivity index (χ0) is 19.3. The molecular formula is C21H25ClN2O2. The number of nitrogens with one attached hydrogen (secondary N) is 1. The van der Waals surface area contributed by atoms with Gasteiger partial charge in [0.25, 0.3) is 0 Å². The molecule has 0 aliphatic carbocycles. The molecular weight excluding hydrogens is 348 g/mol. The Kier molecular flexibility index (Phi) is 6.81. The van der Waals surface area contributed by atoms with Gasteiger partial charge in [-0.1, -0.05) is 53.1 Å². The summed E-state index contributed by atoms with van der Waals surface area (Å²) in [6.07, 6.45) is 0.261. The van der Waals surface area contributed by atoms with E-state index in [9.17, 15) is 9.59 Å². The SMILES string of the molecule is CNC(=O)[C@@H](C)N(Cc1ccc(Cl)cc1)C(=O)Cc1cc(C)cc(C)c1. The van der Waals surface area contributed by atoms with Gasteiger partial charge in [0, 0.05) is 18.6 Å². The average molecular weight is 373 g/mol. The first-order chi connectivity index (χ1) is 12.3. The van der Waals surface area contributed by atoms with Crippen LogP contribution in [0.25, 0.3) is 0 Å². The topological polar surface area (TPSA) is 49.4 Å². The third-order valence-corrected chi connectivity index (χ3v) is 4.57. The number of aryl methyl sites for hydroxylation is 2. The van der Waals surface area contributed by atoms with Crippen molar-refractivity contribution in [2.24, 2.45) is 0 Å². The molecule has 4 nitrogen and oxygen atoms in total. The quantitative estimate of drug-likeness (QED) is 0.841. The van der Waals surface area contributed by atoms with Gasteiger partial charge in [0.2, 0.25) is 11.8 Å². The first-order valence-electron chi connectivity index (χ1n) is 8.63. The summed E-state index contributed by atoms with van der Waals surface area (Å²) < 4.78 is 0. The van der Waals surface area contributed by atoms with Gasteiger partial charge in [0.15, 0.2) is 0 Å². The van der Waals surface area contributed by atoms with Gasteiger partial charge < -0.3 is 10.2 Å². The number of carbonyl (C=O) groups excluding carboxylic acids is 2. The molecule has 2 aromatic carbocycles. The van der Waals surface area contributed by atoms with Crippen LogP contribution >= 0.6 is 11.6 Å². The largest absolute Gasteiger partial charge is 0.357 e. The van der Waals surface area contributed by atoms with E-state index in [0.29, 0.717) is 11.6 Å². The molecule has 2 aromatic rings. The highest BCUT2D eigenvalue weighted by Gasteiger charge is 2.25. The predicted octanol–water partition coefficient (Wildman–Crippen LogP) is 3.66. The lowest BCUT2D eigenvalue weighted by atomic mass is 10.0. The second-order valence-corrected chi connectivity index (χ2v) is 7.05. The van der Waals surface area contributed by atoms with Gasteiger partial charge in [0.05, 0.1) is 6.42 Å². The van der Waals surface area contributed by atoms with E-state index < -0.39 is 6.04 Å². The first kappa shape index (κ1) is 20.0. The first-order valence-corrected chi connectivity index (χ1v) is 9.00. The number of carbonyl (C=O) groups is 2. The molecule has 138 valence electrons. The lowest BCUT2D eigenvalue weighted by Crippen LogP contribution is -2.47. The van der Waals surface area contributed by atoms with E-state index in [0.717, 1.165) is 22.3 Å². The molecule has 0 aliphatic rings. The highest BCUT2D eigenvalue weighted by Crippen LogP contribution is 2.16. The van der Waals surface area contributed by atoms with Crippen molar-refractivity contribution in [2.75, 3.05) is 7.05 Å². The molecule has 0 aromatic heterocycles. The van der Waals surface area contributed by atoms with Crippen molar-refractivity contribution in [3.8, 4) is 0 Å². The second kappa shape index (κ2) is 8.86. The molecule has 2 rings (SSSR count). The number of hydrogen-bond acceptors (Lipinski definition) is 2. The van der Waals surface area contributed by atoms with E-state index in [4.69, 9.17) is 11.6 Å². The number of benzene rings is 2. The molecule has 0 fully saturated rings. The van der Waals surface area contributed by atoms with Crippen LogP contribution in [0.15, 0.2) is 42.5 Å². The fraction of sp³-hybridized carbons (Fsp3) is 0.333. The minimum Gasteiger partial charge on any atom is -0.357 e. The van der Waals surface area contributed by atoms with Crippen LogP contribution in [-0.2, 0) is 22.6 Å². The minimum absolute atomic E-state index is 0.0824. The summed E-state index contributed by atoms with van der Waals surface area (Å²) in [5.74, 6) is -0.270. The summed E-state index contributed by atoms with van der Waals surface area (Å²) in [6.45, 7) is 6.13. The maximum atomic E-state index is 13.0. The van der Waals surface area contributed by atoms with Gasteiger partial charge in [-0.25, -0.2) is 0 Å². The van der Waals surface area contributed by atoms with E-state index >= 15 is 0 Å².